The Morgan fingerprint density at radius 3 is 2.45 bits per heavy atom. The molecule has 2 heterocycles. The Hall–Kier alpha value is -2.61. The minimum atomic E-state index is -4.00. The van der Waals surface area contributed by atoms with Crippen molar-refractivity contribution in [2.24, 2.45) is 0 Å². The van der Waals surface area contributed by atoms with Crippen LogP contribution in [-0.2, 0) is 10.0 Å². The maximum absolute atomic E-state index is 13.3. The van der Waals surface area contributed by atoms with E-state index in [0.29, 0.717) is 32.4 Å². The number of pyridine rings is 1. The molecule has 2 aromatic carbocycles. The van der Waals surface area contributed by atoms with Gasteiger partial charge in [-0.15, -0.1) is 4.09 Å². The molecule has 0 aliphatic rings. The van der Waals surface area contributed by atoms with E-state index in [1.54, 1.807) is 36.4 Å². The van der Waals surface area contributed by atoms with Gasteiger partial charge in [0.1, 0.15) is 11.4 Å². The molecule has 0 aliphatic carbocycles. The molecule has 148 valence electrons. The summed E-state index contributed by atoms with van der Waals surface area (Å²) in [6, 6.07) is 13.1. The summed E-state index contributed by atoms with van der Waals surface area (Å²) >= 11 is 12.5. The topological polar surface area (TPSA) is 74.1 Å². The number of nitrogens with zero attached hydrogens (tertiary/aromatic N) is 3. The molecule has 4 rings (SSSR count). The fourth-order valence-electron chi connectivity index (χ4n) is 3.01. The second kappa shape index (κ2) is 7.33. The molecule has 0 saturated heterocycles. The highest BCUT2D eigenvalue weighted by atomic mass is 35.5. The molecule has 0 fully saturated rings. The molecular formula is C20H15Cl2N3O3S. The van der Waals surface area contributed by atoms with E-state index in [1.165, 1.54) is 25.4 Å². The van der Waals surface area contributed by atoms with E-state index in [0.717, 1.165) is 9.65 Å². The third-order valence-corrected chi connectivity index (χ3v) is 6.58. The second-order valence-electron chi connectivity index (χ2n) is 6.35. The Bertz CT molecular complexity index is 1330. The highest BCUT2D eigenvalue weighted by Gasteiger charge is 2.27. The Kier molecular flexibility index (Phi) is 4.98. The normalized spacial score (nSPS) is 11.7. The van der Waals surface area contributed by atoms with Crippen LogP contribution in [0.15, 0.2) is 59.6 Å². The van der Waals surface area contributed by atoms with Gasteiger partial charge in [-0.25, -0.2) is 4.98 Å². The van der Waals surface area contributed by atoms with Crippen LogP contribution in [0.3, 0.4) is 0 Å². The van der Waals surface area contributed by atoms with Gasteiger partial charge < -0.3 is 4.74 Å². The van der Waals surface area contributed by atoms with Gasteiger partial charge in [-0.2, -0.15) is 13.5 Å². The Morgan fingerprint density at radius 1 is 1.03 bits per heavy atom. The molecule has 4 aromatic rings. The monoisotopic (exact) mass is 447 g/mol. The first-order valence-corrected chi connectivity index (χ1v) is 10.7. The van der Waals surface area contributed by atoms with E-state index in [2.05, 4.69) is 10.1 Å². The fraction of sp³-hybridized carbons (Fsp3) is 0.100. The van der Waals surface area contributed by atoms with E-state index < -0.39 is 10.0 Å². The molecule has 0 aliphatic heterocycles. The second-order valence-corrected chi connectivity index (χ2v) is 8.96. The zero-order valence-electron chi connectivity index (χ0n) is 15.4. The Balaban J connectivity index is 2.04. The molecular weight excluding hydrogens is 433 g/mol. The minimum Gasteiger partial charge on any atom is -0.496 e. The van der Waals surface area contributed by atoms with Crippen molar-refractivity contribution in [2.45, 2.75) is 11.8 Å². The van der Waals surface area contributed by atoms with E-state index >= 15 is 0 Å². The van der Waals surface area contributed by atoms with Crippen LogP contribution in [0.25, 0.3) is 22.3 Å². The average molecular weight is 448 g/mol. The summed E-state index contributed by atoms with van der Waals surface area (Å²) in [7, 11) is -2.50. The van der Waals surface area contributed by atoms with Crippen LogP contribution in [0.2, 0.25) is 10.0 Å². The molecule has 0 N–H and O–H groups in total. The van der Waals surface area contributed by atoms with Crippen molar-refractivity contribution < 1.29 is 13.2 Å². The number of halogens is 2. The van der Waals surface area contributed by atoms with Crippen LogP contribution >= 0.6 is 23.2 Å². The highest BCUT2D eigenvalue weighted by molar-refractivity contribution is 7.90. The van der Waals surface area contributed by atoms with Crippen molar-refractivity contribution >= 4 is 44.3 Å². The summed E-state index contributed by atoms with van der Waals surface area (Å²) < 4.78 is 32.9. The van der Waals surface area contributed by atoms with Crippen molar-refractivity contribution in [2.75, 3.05) is 7.11 Å². The molecule has 6 nitrogen and oxygen atoms in total. The number of hydrogen-bond donors (Lipinski definition) is 0. The third-order valence-electron chi connectivity index (χ3n) is 4.45. The largest absolute Gasteiger partial charge is 0.496 e. The number of rotatable bonds is 4. The number of hydrogen-bond acceptors (Lipinski definition) is 5. The molecule has 0 atom stereocenters. The van der Waals surface area contributed by atoms with Crippen LogP contribution in [0.1, 0.15) is 5.56 Å². The molecule has 2 aromatic heterocycles. The van der Waals surface area contributed by atoms with Gasteiger partial charge >= 0.3 is 0 Å². The smallest absolute Gasteiger partial charge is 0.284 e. The molecule has 9 heteroatoms. The lowest BCUT2D eigenvalue weighted by Gasteiger charge is -2.07. The van der Waals surface area contributed by atoms with Crippen molar-refractivity contribution in [1.82, 2.24) is 14.2 Å². The first-order valence-electron chi connectivity index (χ1n) is 8.52. The molecule has 0 amide bonds. The SMILES string of the molecule is COc1cc(Cl)ccc1-c1nn(S(=O)(=O)c2ccc(C)cc2)c2nccc(Cl)c12. The number of benzene rings is 2. The molecule has 0 bridgehead atoms. The predicted octanol–water partition coefficient (Wildman–Crippen LogP) is 4.96. The van der Waals surface area contributed by atoms with Crippen LogP contribution in [0.4, 0.5) is 0 Å². The van der Waals surface area contributed by atoms with E-state index in [9.17, 15) is 8.42 Å². The highest BCUT2D eigenvalue weighted by Crippen LogP contribution is 2.39. The zero-order chi connectivity index (χ0) is 20.8. The van der Waals surface area contributed by atoms with Gasteiger partial charge in [0.2, 0.25) is 0 Å². The average Bonchev–Trinajstić information content (AvgIpc) is 3.10. The summed E-state index contributed by atoms with van der Waals surface area (Å²) in [6.07, 6.45) is 1.44. The van der Waals surface area contributed by atoms with E-state index in [-0.39, 0.29) is 10.5 Å². The van der Waals surface area contributed by atoms with Gasteiger partial charge in [-0.05, 0) is 43.3 Å². The van der Waals surface area contributed by atoms with Gasteiger partial charge in [0.15, 0.2) is 5.65 Å². The van der Waals surface area contributed by atoms with Gasteiger partial charge in [0, 0.05) is 16.8 Å². The number of fused-ring (bicyclic) bond motifs is 1. The van der Waals surface area contributed by atoms with Crippen molar-refractivity contribution in [3.05, 3.63) is 70.3 Å². The lowest BCUT2D eigenvalue weighted by Crippen LogP contribution is -2.15. The van der Waals surface area contributed by atoms with Gasteiger partial charge in [-0.1, -0.05) is 40.9 Å². The van der Waals surface area contributed by atoms with Crippen molar-refractivity contribution in [1.29, 1.82) is 0 Å². The summed E-state index contributed by atoms with van der Waals surface area (Å²) in [5, 5.41) is 5.60. The van der Waals surface area contributed by atoms with Crippen molar-refractivity contribution in [3.8, 4) is 17.0 Å². The molecule has 0 spiro atoms. The number of ether oxygens (including phenoxy) is 1. The first-order chi connectivity index (χ1) is 13.8. The third kappa shape index (κ3) is 3.35. The van der Waals surface area contributed by atoms with E-state index in [1.807, 2.05) is 6.92 Å². The van der Waals surface area contributed by atoms with Crippen LogP contribution in [0, 0.1) is 6.92 Å². The van der Waals surface area contributed by atoms with Gasteiger partial charge in [0.05, 0.1) is 22.4 Å². The number of aromatic nitrogens is 3. The lowest BCUT2D eigenvalue weighted by atomic mass is 10.1. The summed E-state index contributed by atoms with van der Waals surface area (Å²) in [5.41, 5.74) is 1.96. The molecule has 29 heavy (non-hydrogen) atoms. The lowest BCUT2D eigenvalue weighted by molar-refractivity contribution is 0.416. The minimum absolute atomic E-state index is 0.101. The van der Waals surface area contributed by atoms with Gasteiger partial charge in [0.25, 0.3) is 10.0 Å². The van der Waals surface area contributed by atoms with Crippen LogP contribution in [-0.4, -0.2) is 29.7 Å². The molecule has 0 radical (unpaired) electrons. The summed E-state index contributed by atoms with van der Waals surface area (Å²) in [4.78, 5) is 4.34. The Labute approximate surface area is 177 Å². The van der Waals surface area contributed by atoms with Crippen molar-refractivity contribution in [3.63, 3.8) is 0 Å². The number of methoxy groups -OCH3 is 1. The standard InChI is InChI=1S/C20H15Cl2N3O3S/c1-12-3-6-14(7-4-12)29(26,27)25-20-18(16(22)9-10-23-20)19(24-25)15-8-5-13(21)11-17(15)28-2/h3-11H,1-2H3. The van der Waals surface area contributed by atoms with Crippen LogP contribution < -0.4 is 4.74 Å². The summed E-state index contributed by atoms with van der Waals surface area (Å²) in [5.74, 6) is 0.441. The molecule has 0 saturated carbocycles. The quantitative estimate of drug-likeness (QED) is 0.441. The van der Waals surface area contributed by atoms with Gasteiger partial charge in [-0.3, -0.25) is 0 Å². The first kappa shape index (κ1) is 19.7. The summed E-state index contributed by atoms with van der Waals surface area (Å²) in [6.45, 7) is 1.88. The van der Waals surface area contributed by atoms with E-state index in [4.69, 9.17) is 27.9 Å². The molecule has 0 unspecified atom stereocenters. The predicted molar refractivity (Wildman–Crippen MR) is 113 cm³/mol. The van der Waals surface area contributed by atoms with Crippen LogP contribution in [0.5, 0.6) is 5.75 Å². The zero-order valence-corrected chi connectivity index (χ0v) is 17.8. The fourth-order valence-corrected chi connectivity index (χ4v) is 4.63. The Morgan fingerprint density at radius 2 is 1.76 bits per heavy atom. The maximum atomic E-state index is 13.3. The number of aryl methyl sites for hydroxylation is 1. The maximum Gasteiger partial charge on any atom is 0.284 e.